The number of benzene rings is 1. The van der Waals surface area contributed by atoms with Crippen molar-refractivity contribution in [3.05, 3.63) is 35.9 Å². The zero-order chi connectivity index (χ0) is 18.1. The number of hydrogen-bond acceptors (Lipinski definition) is 4. The Kier molecular flexibility index (Phi) is 7.91. The van der Waals surface area contributed by atoms with Gasteiger partial charge in [-0.3, -0.25) is 9.59 Å². The highest BCUT2D eigenvalue weighted by atomic mass is 16.4. The van der Waals surface area contributed by atoms with Crippen LogP contribution in [0.4, 0.5) is 0 Å². The summed E-state index contributed by atoms with van der Waals surface area (Å²) < 4.78 is 0. The zero-order valence-corrected chi connectivity index (χ0v) is 14.0. The van der Waals surface area contributed by atoms with Crippen molar-refractivity contribution < 1.29 is 19.5 Å². The number of carboxylic acid groups (broad SMARTS) is 1. The fraction of sp³-hybridized carbons (Fsp3) is 0.471. The van der Waals surface area contributed by atoms with Gasteiger partial charge in [0.25, 0.3) is 0 Å². The highest BCUT2D eigenvalue weighted by molar-refractivity contribution is 5.89. The van der Waals surface area contributed by atoms with Crippen LogP contribution < -0.4 is 16.4 Å². The number of aliphatic carboxylic acids is 1. The Balaban J connectivity index is 2.48. The predicted octanol–water partition coefficient (Wildman–Crippen LogP) is 0.288. The molecule has 1 aromatic rings. The van der Waals surface area contributed by atoms with Gasteiger partial charge in [0.05, 0.1) is 12.6 Å². The highest BCUT2D eigenvalue weighted by Gasteiger charge is 2.21. The fourth-order valence-corrected chi connectivity index (χ4v) is 2.21. The Labute approximate surface area is 141 Å². The third kappa shape index (κ3) is 7.23. The Morgan fingerprint density at radius 2 is 1.79 bits per heavy atom. The molecule has 2 atom stereocenters. The first-order chi connectivity index (χ1) is 11.3. The lowest BCUT2D eigenvalue weighted by atomic mass is 10.0. The van der Waals surface area contributed by atoms with E-state index in [0.29, 0.717) is 6.42 Å². The Morgan fingerprint density at radius 1 is 1.17 bits per heavy atom. The molecule has 1 rings (SSSR count). The first kappa shape index (κ1) is 19.6. The quantitative estimate of drug-likeness (QED) is 0.517. The van der Waals surface area contributed by atoms with Gasteiger partial charge < -0.3 is 21.5 Å². The number of hydrogen-bond donors (Lipinski definition) is 4. The second-order valence-electron chi connectivity index (χ2n) is 6.10. The summed E-state index contributed by atoms with van der Waals surface area (Å²) in [6.07, 6.45) is 0.682. The van der Waals surface area contributed by atoms with Crippen molar-refractivity contribution in [1.82, 2.24) is 10.6 Å². The van der Waals surface area contributed by atoms with Crippen LogP contribution in [-0.4, -0.2) is 41.5 Å². The van der Waals surface area contributed by atoms with E-state index in [1.165, 1.54) is 0 Å². The minimum Gasteiger partial charge on any atom is -0.480 e. The topological polar surface area (TPSA) is 122 Å². The second-order valence-corrected chi connectivity index (χ2v) is 6.10. The van der Waals surface area contributed by atoms with E-state index in [0.717, 1.165) is 5.56 Å². The summed E-state index contributed by atoms with van der Waals surface area (Å²) in [4.78, 5) is 34.9. The van der Waals surface area contributed by atoms with Crippen molar-refractivity contribution in [2.75, 3.05) is 6.54 Å². The summed E-state index contributed by atoms with van der Waals surface area (Å²) >= 11 is 0. The maximum absolute atomic E-state index is 11.9. The summed E-state index contributed by atoms with van der Waals surface area (Å²) in [6, 6.07) is 7.26. The van der Waals surface area contributed by atoms with E-state index >= 15 is 0 Å². The molecule has 1 unspecified atom stereocenters. The molecule has 0 aliphatic rings. The Morgan fingerprint density at radius 3 is 2.33 bits per heavy atom. The standard InChI is InChI=1S/C17H25N3O4/c1-11(2)8-13(18)16(22)19-10-15(21)20-14(17(23)24)9-12-6-4-3-5-7-12/h3-7,11,13-14H,8-10,18H2,1-2H3,(H,19,22)(H,20,21)(H,23,24)/t13?,14-/m0/s1. The van der Waals surface area contributed by atoms with E-state index in [1.54, 1.807) is 24.3 Å². The molecule has 2 amide bonds. The van der Waals surface area contributed by atoms with Crippen LogP contribution in [0.15, 0.2) is 30.3 Å². The number of rotatable bonds is 9. The van der Waals surface area contributed by atoms with Crippen molar-refractivity contribution in [3.63, 3.8) is 0 Å². The van der Waals surface area contributed by atoms with Gasteiger partial charge in [0.1, 0.15) is 6.04 Å². The van der Waals surface area contributed by atoms with Crippen LogP contribution in [0, 0.1) is 5.92 Å². The largest absolute Gasteiger partial charge is 0.480 e. The van der Waals surface area contributed by atoms with E-state index in [2.05, 4.69) is 10.6 Å². The summed E-state index contributed by atoms with van der Waals surface area (Å²) in [5.41, 5.74) is 6.52. The van der Waals surface area contributed by atoms with Gasteiger partial charge in [-0.1, -0.05) is 44.2 Å². The normalized spacial score (nSPS) is 13.2. The molecule has 1 aromatic carbocycles. The van der Waals surface area contributed by atoms with Crippen molar-refractivity contribution in [2.45, 2.75) is 38.8 Å². The Hall–Kier alpha value is -2.41. The summed E-state index contributed by atoms with van der Waals surface area (Å²) in [6.45, 7) is 3.59. The molecule has 0 saturated heterocycles. The number of nitrogens with two attached hydrogens (primary N) is 1. The number of carboxylic acids is 1. The molecule has 7 heteroatoms. The van der Waals surface area contributed by atoms with Gasteiger partial charge in [-0.05, 0) is 17.9 Å². The molecule has 0 spiro atoms. The summed E-state index contributed by atoms with van der Waals surface area (Å²) in [5.74, 6) is -1.85. The van der Waals surface area contributed by atoms with Crippen molar-refractivity contribution in [1.29, 1.82) is 0 Å². The SMILES string of the molecule is CC(C)CC(N)C(=O)NCC(=O)N[C@@H](Cc1ccccc1)C(=O)O. The molecule has 0 aromatic heterocycles. The molecule has 0 heterocycles. The third-order valence-electron chi connectivity index (χ3n) is 3.40. The number of carbonyl (C=O) groups excluding carboxylic acids is 2. The predicted molar refractivity (Wildman–Crippen MR) is 90.2 cm³/mol. The third-order valence-corrected chi connectivity index (χ3v) is 3.40. The zero-order valence-electron chi connectivity index (χ0n) is 14.0. The minimum atomic E-state index is -1.13. The lowest BCUT2D eigenvalue weighted by Crippen LogP contribution is -2.49. The van der Waals surface area contributed by atoms with E-state index in [9.17, 15) is 19.5 Å². The van der Waals surface area contributed by atoms with Crippen molar-refractivity contribution in [3.8, 4) is 0 Å². The van der Waals surface area contributed by atoms with Crippen LogP contribution >= 0.6 is 0 Å². The highest BCUT2D eigenvalue weighted by Crippen LogP contribution is 2.04. The van der Waals surface area contributed by atoms with Crippen LogP contribution in [-0.2, 0) is 20.8 Å². The van der Waals surface area contributed by atoms with E-state index < -0.39 is 29.9 Å². The smallest absolute Gasteiger partial charge is 0.326 e. The van der Waals surface area contributed by atoms with Gasteiger partial charge in [0.15, 0.2) is 0 Å². The van der Waals surface area contributed by atoms with Gasteiger partial charge in [0.2, 0.25) is 11.8 Å². The van der Waals surface area contributed by atoms with Crippen LogP contribution in [0.25, 0.3) is 0 Å². The maximum atomic E-state index is 11.9. The van der Waals surface area contributed by atoms with Crippen LogP contribution in [0.1, 0.15) is 25.8 Å². The van der Waals surface area contributed by atoms with E-state index in [4.69, 9.17) is 5.73 Å². The lowest BCUT2D eigenvalue weighted by Gasteiger charge is -2.16. The van der Waals surface area contributed by atoms with Crippen molar-refractivity contribution in [2.24, 2.45) is 11.7 Å². The minimum absolute atomic E-state index is 0.169. The molecule has 24 heavy (non-hydrogen) atoms. The van der Waals surface area contributed by atoms with E-state index in [1.807, 2.05) is 19.9 Å². The van der Waals surface area contributed by atoms with Gasteiger partial charge in [-0.25, -0.2) is 4.79 Å². The molecule has 0 bridgehead atoms. The first-order valence-corrected chi connectivity index (χ1v) is 7.89. The lowest BCUT2D eigenvalue weighted by molar-refractivity contribution is -0.141. The number of amides is 2. The molecule has 7 nitrogen and oxygen atoms in total. The fourth-order valence-electron chi connectivity index (χ4n) is 2.21. The number of carbonyl (C=O) groups is 3. The molecule has 0 fully saturated rings. The van der Waals surface area contributed by atoms with Gasteiger partial charge in [0, 0.05) is 6.42 Å². The molecule has 0 aliphatic heterocycles. The monoisotopic (exact) mass is 335 g/mol. The van der Waals surface area contributed by atoms with Crippen LogP contribution in [0.3, 0.4) is 0 Å². The maximum Gasteiger partial charge on any atom is 0.326 e. The Bertz CT molecular complexity index is 560. The molecule has 5 N–H and O–H groups in total. The molecule has 132 valence electrons. The van der Waals surface area contributed by atoms with Gasteiger partial charge >= 0.3 is 5.97 Å². The molecular weight excluding hydrogens is 310 g/mol. The van der Waals surface area contributed by atoms with Gasteiger partial charge in [-0.2, -0.15) is 0 Å². The van der Waals surface area contributed by atoms with Gasteiger partial charge in [-0.15, -0.1) is 0 Å². The molecule has 0 radical (unpaired) electrons. The molecule has 0 saturated carbocycles. The first-order valence-electron chi connectivity index (χ1n) is 7.89. The summed E-state index contributed by atoms with van der Waals surface area (Å²) in [7, 11) is 0. The van der Waals surface area contributed by atoms with E-state index in [-0.39, 0.29) is 18.9 Å². The molecule has 0 aliphatic carbocycles. The second kappa shape index (κ2) is 9.67. The van der Waals surface area contributed by atoms with Crippen LogP contribution in [0.2, 0.25) is 0 Å². The number of nitrogens with one attached hydrogen (secondary N) is 2. The van der Waals surface area contributed by atoms with Crippen molar-refractivity contribution >= 4 is 17.8 Å². The molecular formula is C17H25N3O4. The average Bonchev–Trinajstić information content (AvgIpc) is 2.52. The summed E-state index contributed by atoms with van der Waals surface area (Å²) in [5, 5.41) is 14.1. The van der Waals surface area contributed by atoms with Crippen LogP contribution in [0.5, 0.6) is 0 Å². The average molecular weight is 335 g/mol.